The van der Waals surface area contributed by atoms with Crippen molar-refractivity contribution in [2.24, 2.45) is 28.8 Å². The fourth-order valence-corrected chi connectivity index (χ4v) is 8.98. The van der Waals surface area contributed by atoms with Crippen LogP contribution in [0.1, 0.15) is 81.1 Å². The predicted molar refractivity (Wildman–Crippen MR) is 217 cm³/mol. The third-order valence-corrected chi connectivity index (χ3v) is 12.5. The van der Waals surface area contributed by atoms with E-state index in [9.17, 15) is 24.3 Å². The summed E-state index contributed by atoms with van der Waals surface area (Å²) in [5, 5.41) is 19.0. The highest BCUT2D eigenvalue weighted by atomic mass is 16.8. The number of cyclic esters (lactones) is 1. The minimum absolute atomic E-state index is 0.0128. The Morgan fingerprint density at radius 2 is 1.83 bits per heavy atom. The lowest BCUT2D eigenvalue weighted by Gasteiger charge is -2.47. The number of ketones is 1. The SMILES string of the molecule is CC[C@H]1OC(=O)[C@H](C)C(=O)[C@H](C)[C@@H](O[C@@H]2O[C@H](C)C[C@H](N(C)C)[C@H]2O)[C@](C)(OC)C[C@@H](C)/C(=N\OCCNC(=O)CCn2cnc3ncccc32)[C@H](C)[C@H]2OC(=O)O[C@@]21C. The van der Waals surface area contributed by atoms with Crippen LogP contribution in [0.4, 0.5) is 4.79 Å². The number of amides is 1. The zero-order valence-corrected chi connectivity index (χ0v) is 36.8. The van der Waals surface area contributed by atoms with Gasteiger partial charge in [0, 0.05) is 50.1 Å². The molecule has 0 saturated carbocycles. The van der Waals surface area contributed by atoms with Crippen LogP contribution in [-0.4, -0.2) is 142 Å². The molecule has 5 heterocycles. The summed E-state index contributed by atoms with van der Waals surface area (Å²) in [7, 11) is 5.24. The minimum Gasteiger partial charge on any atom is -0.457 e. The Morgan fingerprint density at radius 1 is 1.10 bits per heavy atom. The van der Waals surface area contributed by atoms with Gasteiger partial charge in [0.1, 0.15) is 24.7 Å². The van der Waals surface area contributed by atoms with E-state index in [1.165, 1.54) is 14.0 Å². The number of aryl methyl sites for hydroxylation is 1. The summed E-state index contributed by atoms with van der Waals surface area (Å²) in [6.07, 6.45) is -1.94. The number of methoxy groups -OCH3 is 1. The second-order valence-electron chi connectivity index (χ2n) is 17.1. The van der Waals surface area contributed by atoms with Gasteiger partial charge < -0.3 is 53.1 Å². The van der Waals surface area contributed by atoms with Crippen molar-refractivity contribution in [2.45, 2.75) is 142 Å². The lowest BCUT2D eigenvalue weighted by Crippen LogP contribution is -2.59. The van der Waals surface area contributed by atoms with Crippen LogP contribution in [0, 0.1) is 23.7 Å². The zero-order valence-electron chi connectivity index (χ0n) is 36.8. The number of aliphatic hydroxyl groups excluding tert-OH is 1. The van der Waals surface area contributed by atoms with Gasteiger partial charge in [-0.2, -0.15) is 0 Å². The van der Waals surface area contributed by atoms with Crippen molar-refractivity contribution in [3.05, 3.63) is 24.7 Å². The molecule has 0 aromatic carbocycles. The molecule has 60 heavy (non-hydrogen) atoms. The Balaban J connectivity index is 1.43. The highest BCUT2D eigenvalue weighted by Gasteiger charge is 2.58. The highest BCUT2D eigenvalue weighted by molar-refractivity contribution is 6.00. The molecular weight excluding hydrogens is 780 g/mol. The number of carbonyl (C=O) groups is 4. The normalized spacial score (nSPS) is 36.3. The Bertz CT molecular complexity index is 1860. The summed E-state index contributed by atoms with van der Waals surface area (Å²) in [5.74, 6) is -4.81. The minimum atomic E-state index is -1.46. The molecule has 1 amide bonds. The maximum atomic E-state index is 14.3. The number of aliphatic hydroxyl groups is 1. The number of aromatic nitrogens is 3. The maximum Gasteiger partial charge on any atom is 0.509 e. The summed E-state index contributed by atoms with van der Waals surface area (Å²) in [5.41, 5.74) is -0.829. The fourth-order valence-electron chi connectivity index (χ4n) is 8.98. The fraction of sp³-hybridized carbons (Fsp3) is 0.738. The maximum absolute atomic E-state index is 14.3. The molecular formula is C42H64N6O12. The number of oxime groups is 1. The van der Waals surface area contributed by atoms with Gasteiger partial charge in [0.15, 0.2) is 29.4 Å². The average molecular weight is 845 g/mol. The third kappa shape index (κ3) is 10.1. The number of ether oxygens (including phenoxy) is 6. The number of hydrogen-bond acceptors (Lipinski definition) is 16. The first-order valence-corrected chi connectivity index (χ1v) is 20.9. The molecule has 3 fully saturated rings. The van der Waals surface area contributed by atoms with Gasteiger partial charge in [-0.05, 0) is 73.2 Å². The van der Waals surface area contributed by atoms with E-state index in [0.717, 1.165) is 5.52 Å². The molecule has 3 saturated heterocycles. The van der Waals surface area contributed by atoms with E-state index < -0.39 is 83.5 Å². The summed E-state index contributed by atoms with van der Waals surface area (Å²) < 4.78 is 38.6. The van der Waals surface area contributed by atoms with E-state index in [2.05, 4.69) is 20.4 Å². The smallest absolute Gasteiger partial charge is 0.457 e. The van der Waals surface area contributed by atoms with Crippen molar-refractivity contribution in [3.8, 4) is 0 Å². The van der Waals surface area contributed by atoms with Gasteiger partial charge in [0.2, 0.25) is 5.91 Å². The topological polar surface area (TPSA) is 211 Å². The van der Waals surface area contributed by atoms with Crippen LogP contribution >= 0.6 is 0 Å². The number of nitrogens with zero attached hydrogens (tertiary/aromatic N) is 5. The number of pyridine rings is 1. The molecule has 18 heteroatoms. The van der Waals surface area contributed by atoms with Crippen molar-refractivity contribution >= 4 is 40.7 Å². The molecule has 5 rings (SSSR count). The van der Waals surface area contributed by atoms with Crippen LogP contribution in [0.25, 0.3) is 11.2 Å². The van der Waals surface area contributed by atoms with E-state index in [4.69, 9.17) is 33.3 Å². The van der Waals surface area contributed by atoms with Gasteiger partial charge in [-0.15, -0.1) is 0 Å². The summed E-state index contributed by atoms with van der Waals surface area (Å²) in [6, 6.07) is 3.41. The number of imidazole rings is 1. The number of likely N-dealkylation sites (N-methyl/N-ethyl adjacent to an activating group) is 1. The molecule has 18 nitrogen and oxygen atoms in total. The van der Waals surface area contributed by atoms with E-state index in [-0.39, 0.29) is 50.5 Å². The Kier molecular flexibility index (Phi) is 15.3. The molecule has 2 N–H and O–H groups in total. The number of carbonyl (C=O) groups excluding carboxylic acids is 4. The molecule has 3 aliphatic rings. The molecule has 0 unspecified atom stereocenters. The average Bonchev–Trinajstić information content (AvgIpc) is 3.78. The summed E-state index contributed by atoms with van der Waals surface area (Å²) in [6.45, 7) is 14.6. The van der Waals surface area contributed by atoms with Crippen LogP contribution in [0.5, 0.6) is 0 Å². The largest absolute Gasteiger partial charge is 0.509 e. The first kappa shape index (κ1) is 46.8. The van der Waals surface area contributed by atoms with Crippen LogP contribution in [-0.2, 0) is 54.2 Å². The third-order valence-electron chi connectivity index (χ3n) is 12.5. The zero-order chi connectivity index (χ0) is 44.1. The van der Waals surface area contributed by atoms with Gasteiger partial charge in [-0.3, -0.25) is 14.4 Å². The molecule has 0 aliphatic carbocycles. The van der Waals surface area contributed by atoms with Gasteiger partial charge in [-0.1, -0.05) is 32.9 Å². The van der Waals surface area contributed by atoms with Gasteiger partial charge in [-0.25, -0.2) is 14.8 Å². The number of esters is 1. The van der Waals surface area contributed by atoms with Crippen LogP contribution in [0.15, 0.2) is 29.8 Å². The van der Waals surface area contributed by atoms with Crippen LogP contribution < -0.4 is 5.32 Å². The molecule has 334 valence electrons. The van der Waals surface area contributed by atoms with Gasteiger partial charge in [0.25, 0.3) is 0 Å². The van der Waals surface area contributed by atoms with Crippen molar-refractivity contribution < 1.29 is 57.5 Å². The highest BCUT2D eigenvalue weighted by Crippen LogP contribution is 2.42. The molecule has 0 spiro atoms. The Hall–Kier alpha value is -4.23. The first-order valence-electron chi connectivity index (χ1n) is 20.9. The Morgan fingerprint density at radius 3 is 2.52 bits per heavy atom. The van der Waals surface area contributed by atoms with Crippen LogP contribution in [0.3, 0.4) is 0 Å². The molecule has 2 aromatic heterocycles. The second-order valence-corrected chi connectivity index (χ2v) is 17.1. The summed E-state index contributed by atoms with van der Waals surface area (Å²) in [4.78, 5) is 70.1. The quantitative estimate of drug-likeness (QED) is 0.135. The van der Waals surface area contributed by atoms with Crippen molar-refractivity contribution in [2.75, 3.05) is 34.4 Å². The van der Waals surface area contributed by atoms with Gasteiger partial charge in [0.05, 0.1) is 41.9 Å². The lowest BCUT2D eigenvalue weighted by molar-refractivity contribution is -0.295. The van der Waals surface area contributed by atoms with Crippen molar-refractivity contribution in [3.63, 3.8) is 0 Å². The molecule has 13 atom stereocenters. The molecule has 0 radical (unpaired) electrons. The number of nitrogens with one attached hydrogen (secondary N) is 1. The lowest BCUT2D eigenvalue weighted by atomic mass is 9.74. The first-order chi connectivity index (χ1) is 28.3. The van der Waals surface area contributed by atoms with Gasteiger partial charge >= 0.3 is 12.1 Å². The Labute approximate surface area is 351 Å². The van der Waals surface area contributed by atoms with Crippen molar-refractivity contribution in [1.82, 2.24) is 24.8 Å². The monoisotopic (exact) mass is 844 g/mol. The van der Waals surface area contributed by atoms with Crippen LogP contribution in [0.2, 0.25) is 0 Å². The number of fused-ring (bicyclic) bond motifs is 2. The molecule has 3 aliphatic heterocycles. The van der Waals surface area contributed by atoms with Crippen molar-refractivity contribution in [1.29, 1.82) is 0 Å². The standard InChI is InChI=1S/C42H64N6O12/c1-12-30-42(8)36(59-40(53)60-42)25(4)32(46-55-19-17-43-31(49)15-18-48-22-45-37-28(48)14-13-16-44-37)23(2)21-41(7,54-11)35(26(5)33(50)27(6)38(52)57-30)58-39-34(51)29(47(9)10)20-24(3)56-39/h13-14,16,22-27,29-30,34-36,39,51H,12,15,17-21H2,1-11H3,(H,43,49)/b46-32+/t23-,24-,25+,26+,27-,29+,30-,34-,35-,36-,39+,41-,42-/m1/s1. The predicted octanol–water partition coefficient (Wildman–Crippen LogP) is 3.66. The number of rotatable bonds is 12. The molecule has 0 bridgehead atoms. The van der Waals surface area contributed by atoms with E-state index in [1.807, 2.05) is 56.5 Å². The number of hydrogen-bond donors (Lipinski definition) is 2. The number of Topliss-reactive ketones (excluding diaryl/α,β-unsaturated/α-hetero) is 1. The van der Waals surface area contributed by atoms with E-state index in [0.29, 0.717) is 24.3 Å². The second kappa shape index (κ2) is 19.6. The summed E-state index contributed by atoms with van der Waals surface area (Å²) >= 11 is 0. The van der Waals surface area contributed by atoms with E-state index >= 15 is 0 Å². The molecule has 2 aromatic rings. The van der Waals surface area contributed by atoms with E-state index in [1.54, 1.807) is 40.2 Å².